The molecular formula is C17H35N5O3. The Morgan fingerprint density at radius 3 is 2.84 bits per heavy atom. The van der Waals surface area contributed by atoms with E-state index in [2.05, 4.69) is 26.6 Å². The number of methoxy groups -OCH3 is 1. The normalized spacial score (nSPS) is 40.1. The SMILES string of the molecule is CNC1CCNC(NC2CCC(OC)C(OC[C@@H]3CNCCO3)C2)N1. The third-order valence-corrected chi connectivity index (χ3v) is 5.43. The average molecular weight is 357 g/mol. The van der Waals surface area contributed by atoms with E-state index >= 15 is 0 Å². The first-order valence-electron chi connectivity index (χ1n) is 9.68. The molecule has 2 heterocycles. The molecule has 0 aromatic heterocycles. The van der Waals surface area contributed by atoms with Crippen LogP contribution in [-0.4, -0.2) is 83.8 Å². The lowest BCUT2D eigenvalue weighted by molar-refractivity contribution is -0.115. The van der Waals surface area contributed by atoms with Gasteiger partial charge in [-0.2, -0.15) is 0 Å². The van der Waals surface area contributed by atoms with E-state index in [-0.39, 0.29) is 24.6 Å². The minimum absolute atomic E-state index is 0.116. The predicted molar refractivity (Wildman–Crippen MR) is 96.3 cm³/mol. The van der Waals surface area contributed by atoms with Crippen LogP contribution in [0.2, 0.25) is 0 Å². The standard InChI is InChI=1S/C17H35N5O3/c1-18-16-5-6-20-17(22-16)21-12-3-4-14(23-2)15(9-12)25-11-13-10-19-7-8-24-13/h12-22H,3-11H2,1-2H3/t12?,13-,14?,15?,16?,17?/m0/s1. The van der Waals surface area contributed by atoms with Crippen molar-refractivity contribution in [3.05, 3.63) is 0 Å². The van der Waals surface area contributed by atoms with Gasteiger partial charge in [0.15, 0.2) is 0 Å². The molecule has 2 aliphatic heterocycles. The van der Waals surface area contributed by atoms with Crippen molar-refractivity contribution in [2.75, 3.05) is 47.0 Å². The minimum atomic E-state index is 0.116. The Balaban J connectivity index is 1.45. The van der Waals surface area contributed by atoms with Crippen molar-refractivity contribution in [3.8, 4) is 0 Å². The van der Waals surface area contributed by atoms with Crippen LogP contribution >= 0.6 is 0 Å². The van der Waals surface area contributed by atoms with E-state index in [4.69, 9.17) is 14.2 Å². The zero-order valence-corrected chi connectivity index (χ0v) is 15.6. The Bertz CT molecular complexity index is 383. The van der Waals surface area contributed by atoms with Crippen LogP contribution in [0.3, 0.4) is 0 Å². The topological polar surface area (TPSA) is 87.8 Å². The molecule has 3 aliphatic rings. The van der Waals surface area contributed by atoms with Gasteiger partial charge in [-0.3, -0.25) is 16.0 Å². The Hall–Kier alpha value is -0.320. The number of hydrogen-bond acceptors (Lipinski definition) is 8. The number of nitrogens with one attached hydrogen (secondary N) is 5. The van der Waals surface area contributed by atoms with Gasteiger partial charge in [0, 0.05) is 32.8 Å². The van der Waals surface area contributed by atoms with E-state index in [9.17, 15) is 0 Å². The third kappa shape index (κ3) is 5.83. The number of ether oxygens (including phenoxy) is 3. The number of hydrogen-bond donors (Lipinski definition) is 5. The molecule has 0 aromatic carbocycles. The molecule has 2 saturated heterocycles. The van der Waals surface area contributed by atoms with Gasteiger partial charge in [-0.1, -0.05) is 0 Å². The van der Waals surface area contributed by atoms with Gasteiger partial charge in [0.2, 0.25) is 0 Å². The predicted octanol–water partition coefficient (Wildman–Crippen LogP) is -1.07. The molecule has 25 heavy (non-hydrogen) atoms. The summed E-state index contributed by atoms with van der Waals surface area (Å²) in [4.78, 5) is 0. The Labute approximate surface area is 151 Å². The van der Waals surface area contributed by atoms with Crippen LogP contribution in [0.25, 0.3) is 0 Å². The molecule has 5 N–H and O–H groups in total. The highest BCUT2D eigenvalue weighted by Gasteiger charge is 2.33. The fraction of sp³-hybridized carbons (Fsp3) is 1.00. The van der Waals surface area contributed by atoms with Gasteiger partial charge in [0.1, 0.15) is 6.29 Å². The highest BCUT2D eigenvalue weighted by Crippen LogP contribution is 2.24. The molecule has 3 rings (SSSR count). The fourth-order valence-corrected chi connectivity index (χ4v) is 3.94. The van der Waals surface area contributed by atoms with Crippen molar-refractivity contribution >= 4 is 0 Å². The summed E-state index contributed by atoms with van der Waals surface area (Å²) in [7, 11) is 3.78. The molecule has 1 aliphatic carbocycles. The van der Waals surface area contributed by atoms with E-state index in [0.29, 0.717) is 18.8 Å². The van der Waals surface area contributed by atoms with E-state index in [1.807, 2.05) is 7.05 Å². The van der Waals surface area contributed by atoms with Crippen LogP contribution in [0.15, 0.2) is 0 Å². The second-order valence-electron chi connectivity index (χ2n) is 7.20. The van der Waals surface area contributed by atoms with Gasteiger partial charge in [0.25, 0.3) is 0 Å². The maximum atomic E-state index is 6.20. The number of morpholine rings is 1. The van der Waals surface area contributed by atoms with Gasteiger partial charge < -0.3 is 24.8 Å². The molecule has 1 saturated carbocycles. The Morgan fingerprint density at radius 2 is 2.08 bits per heavy atom. The van der Waals surface area contributed by atoms with Crippen LogP contribution in [0.1, 0.15) is 25.7 Å². The van der Waals surface area contributed by atoms with E-state index in [0.717, 1.165) is 51.9 Å². The Morgan fingerprint density at radius 1 is 1.16 bits per heavy atom. The maximum Gasteiger partial charge on any atom is 0.113 e. The first-order valence-corrected chi connectivity index (χ1v) is 9.68. The summed E-state index contributed by atoms with van der Waals surface area (Å²) in [6.45, 7) is 4.21. The quantitative estimate of drug-likeness (QED) is 0.394. The zero-order chi connectivity index (χ0) is 17.5. The first-order chi connectivity index (χ1) is 12.3. The number of rotatable bonds is 7. The summed E-state index contributed by atoms with van der Waals surface area (Å²) in [5.74, 6) is 0. The molecule has 6 atom stereocenters. The van der Waals surface area contributed by atoms with Gasteiger partial charge >= 0.3 is 0 Å². The molecule has 0 amide bonds. The zero-order valence-electron chi connectivity index (χ0n) is 15.6. The van der Waals surface area contributed by atoms with Crippen molar-refractivity contribution in [3.63, 3.8) is 0 Å². The molecule has 8 heteroatoms. The van der Waals surface area contributed by atoms with Crippen LogP contribution in [0.5, 0.6) is 0 Å². The van der Waals surface area contributed by atoms with Crippen LogP contribution in [0.4, 0.5) is 0 Å². The summed E-state index contributed by atoms with van der Waals surface area (Å²) in [6.07, 6.45) is 5.11. The lowest BCUT2D eigenvalue weighted by atomic mass is 9.90. The largest absolute Gasteiger partial charge is 0.379 e. The van der Waals surface area contributed by atoms with Crippen LogP contribution < -0.4 is 26.6 Å². The smallest absolute Gasteiger partial charge is 0.113 e. The van der Waals surface area contributed by atoms with E-state index in [1.165, 1.54) is 0 Å². The molecule has 5 unspecified atom stereocenters. The van der Waals surface area contributed by atoms with Crippen molar-refractivity contribution in [2.24, 2.45) is 0 Å². The first kappa shape index (κ1) is 19.4. The minimum Gasteiger partial charge on any atom is -0.379 e. The molecule has 3 fully saturated rings. The van der Waals surface area contributed by atoms with Crippen molar-refractivity contribution in [1.29, 1.82) is 0 Å². The average Bonchev–Trinajstić information content (AvgIpc) is 2.67. The van der Waals surface area contributed by atoms with Crippen molar-refractivity contribution in [1.82, 2.24) is 26.6 Å². The molecule has 0 bridgehead atoms. The Kier molecular flexibility index (Phi) is 7.88. The van der Waals surface area contributed by atoms with Gasteiger partial charge in [0.05, 0.1) is 37.7 Å². The van der Waals surface area contributed by atoms with E-state index < -0.39 is 0 Å². The molecule has 146 valence electrons. The summed E-state index contributed by atoms with van der Waals surface area (Å²) < 4.78 is 17.6. The molecule has 0 aromatic rings. The van der Waals surface area contributed by atoms with Crippen LogP contribution in [-0.2, 0) is 14.2 Å². The summed E-state index contributed by atoms with van der Waals surface area (Å²) in [6, 6.07) is 0.419. The highest BCUT2D eigenvalue weighted by molar-refractivity contribution is 4.88. The van der Waals surface area contributed by atoms with Crippen molar-refractivity contribution < 1.29 is 14.2 Å². The lowest BCUT2D eigenvalue weighted by Gasteiger charge is -2.40. The third-order valence-electron chi connectivity index (χ3n) is 5.43. The summed E-state index contributed by atoms with van der Waals surface area (Å²) >= 11 is 0. The molecule has 0 radical (unpaired) electrons. The van der Waals surface area contributed by atoms with Gasteiger partial charge in [-0.05, 0) is 32.7 Å². The lowest BCUT2D eigenvalue weighted by Crippen LogP contribution is -2.66. The fourth-order valence-electron chi connectivity index (χ4n) is 3.94. The summed E-state index contributed by atoms with van der Waals surface area (Å²) in [5.41, 5.74) is 0. The summed E-state index contributed by atoms with van der Waals surface area (Å²) in [5, 5.41) is 17.4. The van der Waals surface area contributed by atoms with Gasteiger partial charge in [-0.25, -0.2) is 0 Å². The van der Waals surface area contributed by atoms with Gasteiger partial charge in [-0.15, -0.1) is 0 Å². The highest BCUT2D eigenvalue weighted by atomic mass is 16.6. The monoisotopic (exact) mass is 357 g/mol. The van der Waals surface area contributed by atoms with Crippen molar-refractivity contribution in [2.45, 2.75) is 62.5 Å². The van der Waals surface area contributed by atoms with Crippen LogP contribution in [0, 0.1) is 0 Å². The molecular weight excluding hydrogens is 322 g/mol. The van der Waals surface area contributed by atoms with E-state index in [1.54, 1.807) is 7.11 Å². The second-order valence-corrected chi connectivity index (χ2v) is 7.20. The maximum absolute atomic E-state index is 6.20. The molecule has 8 nitrogen and oxygen atoms in total. The second kappa shape index (κ2) is 10.1. The molecule has 0 spiro atoms.